The topological polar surface area (TPSA) is 62.7 Å². The molecule has 1 aliphatic rings. The maximum Gasteiger partial charge on any atom is 0.248 e. The summed E-state index contributed by atoms with van der Waals surface area (Å²) in [4.78, 5) is 32.4. The van der Waals surface area contributed by atoms with E-state index in [1.165, 1.54) is 7.11 Å². The van der Waals surface area contributed by atoms with E-state index in [1.54, 1.807) is 17.3 Å². The third-order valence-corrected chi connectivity index (χ3v) is 4.21. The molecular formula is C17H25N3O3. The minimum Gasteiger partial charge on any atom is -0.375 e. The molecule has 0 aliphatic carbocycles. The number of methoxy groups -OCH3 is 1. The number of hydrogen-bond acceptors (Lipinski definition) is 4. The van der Waals surface area contributed by atoms with Crippen LogP contribution in [0.1, 0.15) is 25.3 Å². The van der Waals surface area contributed by atoms with Crippen molar-refractivity contribution in [2.24, 2.45) is 5.92 Å². The average Bonchev–Trinajstić information content (AvgIpc) is 2.60. The number of piperidine rings is 1. The first kappa shape index (κ1) is 17.4. The van der Waals surface area contributed by atoms with E-state index in [-0.39, 0.29) is 24.3 Å². The number of amides is 2. The van der Waals surface area contributed by atoms with Crippen LogP contribution in [0.15, 0.2) is 24.5 Å². The van der Waals surface area contributed by atoms with Gasteiger partial charge in [-0.2, -0.15) is 0 Å². The quantitative estimate of drug-likeness (QED) is 0.793. The normalized spacial score (nSPS) is 17.8. The molecule has 2 rings (SSSR count). The predicted octanol–water partition coefficient (Wildman–Crippen LogP) is 1.32. The van der Waals surface area contributed by atoms with Crippen LogP contribution in [-0.2, 0) is 20.9 Å². The summed E-state index contributed by atoms with van der Waals surface area (Å²) in [6.45, 7) is 4.51. The molecule has 1 unspecified atom stereocenters. The molecule has 0 aromatic carbocycles. The smallest absolute Gasteiger partial charge is 0.248 e. The molecule has 23 heavy (non-hydrogen) atoms. The first-order valence-electron chi connectivity index (χ1n) is 8.10. The van der Waals surface area contributed by atoms with Gasteiger partial charge in [0.1, 0.15) is 6.61 Å². The van der Waals surface area contributed by atoms with Crippen LogP contribution in [0.25, 0.3) is 0 Å². The maximum atomic E-state index is 12.8. The Morgan fingerprint density at radius 3 is 2.78 bits per heavy atom. The molecule has 6 heteroatoms. The lowest BCUT2D eigenvalue weighted by atomic mass is 9.96. The van der Waals surface area contributed by atoms with Gasteiger partial charge in [0.05, 0.1) is 5.92 Å². The fraction of sp³-hybridized carbons (Fsp3) is 0.588. The van der Waals surface area contributed by atoms with Gasteiger partial charge >= 0.3 is 0 Å². The molecule has 2 amide bonds. The van der Waals surface area contributed by atoms with Gasteiger partial charge < -0.3 is 14.5 Å². The largest absolute Gasteiger partial charge is 0.375 e. The predicted molar refractivity (Wildman–Crippen MR) is 86.5 cm³/mol. The van der Waals surface area contributed by atoms with E-state index in [9.17, 15) is 9.59 Å². The molecule has 1 atom stereocenters. The lowest BCUT2D eigenvalue weighted by Crippen LogP contribution is -2.47. The van der Waals surface area contributed by atoms with Gasteiger partial charge in [-0.1, -0.05) is 0 Å². The van der Waals surface area contributed by atoms with Gasteiger partial charge in [0.25, 0.3) is 0 Å². The van der Waals surface area contributed by atoms with Gasteiger partial charge in [0, 0.05) is 45.7 Å². The number of aromatic nitrogens is 1. The summed E-state index contributed by atoms with van der Waals surface area (Å²) in [5.41, 5.74) is 1.07. The van der Waals surface area contributed by atoms with Gasteiger partial charge in [-0.3, -0.25) is 14.6 Å². The standard InChI is InChI=1S/C17H25N3O3/c1-3-19(11-14-6-8-18-9-7-14)17(22)15-5-4-10-20(12-15)16(21)13-23-2/h6-9,15H,3-5,10-13H2,1-2H3. The van der Waals surface area contributed by atoms with Crippen LogP contribution in [0.4, 0.5) is 0 Å². The molecule has 0 radical (unpaired) electrons. The van der Waals surface area contributed by atoms with Crippen molar-refractivity contribution in [1.82, 2.24) is 14.8 Å². The SMILES string of the molecule is CCN(Cc1ccncc1)C(=O)C1CCCN(C(=O)COC)C1. The number of carbonyl (C=O) groups is 2. The van der Waals surface area contributed by atoms with Gasteiger partial charge in [0.15, 0.2) is 0 Å². The highest BCUT2D eigenvalue weighted by Gasteiger charge is 2.30. The van der Waals surface area contributed by atoms with Crippen molar-refractivity contribution in [3.05, 3.63) is 30.1 Å². The van der Waals surface area contributed by atoms with Crippen LogP contribution in [0.2, 0.25) is 0 Å². The highest BCUT2D eigenvalue weighted by Crippen LogP contribution is 2.20. The molecule has 1 saturated heterocycles. The first-order chi connectivity index (χ1) is 11.2. The van der Waals surface area contributed by atoms with E-state index in [0.717, 1.165) is 18.4 Å². The van der Waals surface area contributed by atoms with Crippen LogP contribution in [-0.4, -0.2) is 59.9 Å². The number of pyridine rings is 1. The Morgan fingerprint density at radius 1 is 1.39 bits per heavy atom. The summed E-state index contributed by atoms with van der Waals surface area (Å²) < 4.78 is 4.91. The molecule has 1 aromatic heterocycles. The zero-order valence-electron chi connectivity index (χ0n) is 13.9. The molecule has 2 heterocycles. The number of nitrogens with zero attached hydrogens (tertiary/aromatic N) is 3. The lowest BCUT2D eigenvalue weighted by Gasteiger charge is -2.34. The molecular weight excluding hydrogens is 294 g/mol. The van der Waals surface area contributed by atoms with Crippen molar-refractivity contribution in [2.75, 3.05) is 33.4 Å². The monoisotopic (exact) mass is 319 g/mol. The van der Waals surface area contributed by atoms with Gasteiger partial charge in [-0.05, 0) is 37.5 Å². The molecule has 0 saturated carbocycles. The summed E-state index contributed by atoms with van der Waals surface area (Å²) in [5, 5.41) is 0. The van der Waals surface area contributed by atoms with Crippen LogP contribution < -0.4 is 0 Å². The highest BCUT2D eigenvalue weighted by molar-refractivity contribution is 5.82. The van der Waals surface area contributed by atoms with Crippen LogP contribution in [0.3, 0.4) is 0 Å². The second-order valence-electron chi connectivity index (χ2n) is 5.82. The Balaban J connectivity index is 1.98. The van der Waals surface area contributed by atoms with Crippen molar-refractivity contribution in [3.8, 4) is 0 Å². The Kier molecular flexibility index (Phi) is 6.52. The zero-order chi connectivity index (χ0) is 16.7. The summed E-state index contributed by atoms with van der Waals surface area (Å²) in [7, 11) is 1.51. The molecule has 0 spiro atoms. The van der Waals surface area contributed by atoms with Crippen molar-refractivity contribution < 1.29 is 14.3 Å². The molecule has 1 aromatic rings. The number of carbonyl (C=O) groups excluding carboxylic acids is 2. The van der Waals surface area contributed by atoms with Crippen molar-refractivity contribution in [1.29, 1.82) is 0 Å². The summed E-state index contributed by atoms with van der Waals surface area (Å²) in [6, 6.07) is 3.84. The summed E-state index contributed by atoms with van der Waals surface area (Å²) in [6.07, 6.45) is 5.17. The molecule has 0 N–H and O–H groups in total. The van der Waals surface area contributed by atoms with Crippen molar-refractivity contribution >= 4 is 11.8 Å². The Bertz CT molecular complexity index is 521. The number of ether oxygens (including phenoxy) is 1. The zero-order valence-corrected chi connectivity index (χ0v) is 13.9. The van der Waals surface area contributed by atoms with E-state index >= 15 is 0 Å². The first-order valence-corrected chi connectivity index (χ1v) is 8.10. The number of likely N-dealkylation sites (tertiary alicyclic amines) is 1. The maximum absolute atomic E-state index is 12.8. The fourth-order valence-electron chi connectivity index (χ4n) is 2.93. The summed E-state index contributed by atoms with van der Waals surface area (Å²) >= 11 is 0. The second-order valence-corrected chi connectivity index (χ2v) is 5.82. The number of hydrogen-bond donors (Lipinski definition) is 0. The number of rotatable bonds is 6. The van der Waals surface area contributed by atoms with E-state index in [2.05, 4.69) is 4.98 Å². The fourth-order valence-corrected chi connectivity index (χ4v) is 2.93. The van der Waals surface area contributed by atoms with E-state index < -0.39 is 0 Å². The van der Waals surface area contributed by atoms with Gasteiger partial charge in [0.2, 0.25) is 11.8 Å². The minimum absolute atomic E-state index is 0.0396. The minimum atomic E-state index is -0.119. The van der Waals surface area contributed by atoms with Gasteiger partial charge in [-0.15, -0.1) is 0 Å². The van der Waals surface area contributed by atoms with Crippen LogP contribution in [0.5, 0.6) is 0 Å². The van der Waals surface area contributed by atoms with Crippen molar-refractivity contribution in [3.63, 3.8) is 0 Å². The lowest BCUT2D eigenvalue weighted by molar-refractivity contribution is -0.142. The summed E-state index contributed by atoms with van der Waals surface area (Å²) in [5.74, 6) is -0.0345. The highest BCUT2D eigenvalue weighted by atomic mass is 16.5. The second kappa shape index (κ2) is 8.62. The van der Waals surface area contributed by atoms with E-state index in [4.69, 9.17) is 4.74 Å². The van der Waals surface area contributed by atoms with E-state index in [1.807, 2.05) is 24.0 Å². The Morgan fingerprint density at radius 2 is 2.13 bits per heavy atom. The van der Waals surface area contributed by atoms with Crippen molar-refractivity contribution in [2.45, 2.75) is 26.3 Å². The molecule has 1 aliphatic heterocycles. The third kappa shape index (κ3) is 4.76. The Hall–Kier alpha value is -1.95. The third-order valence-electron chi connectivity index (χ3n) is 4.21. The Labute approximate surface area is 137 Å². The molecule has 126 valence electrons. The molecule has 6 nitrogen and oxygen atoms in total. The van der Waals surface area contributed by atoms with Gasteiger partial charge in [-0.25, -0.2) is 0 Å². The van der Waals surface area contributed by atoms with E-state index in [0.29, 0.717) is 26.2 Å². The molecule has 0 bridgehead atoms. The molecule has 1 fully saturated rings. The van der Waals surface area contributed by atoms with Crippen LogP contribution >= 0.6 is 0 Å². The van der Waals surface area contributed by atoms with Crippen LogP contribution in [0, 0.1) is 5.92 Å². The average molecular weight is 319 g/mol.